The number of ether oxygens (including phenoxy) is 13. The van der Waals surface area contributed by atoms with Crippen molar-refractivity contribution in [3.8, 4) is 0 Å². The first-order valence-corrected chi connectivity index (χ1v) is 26.6. The predicted octanol–water partition coefficient (Wildman–Crippen LogP) is -16.0. The number of hydrogen-bond acceptors (Lipinski definition) is 36. The summed E-state index contributed by atoms with van der Waals surface area (Å²) in [6, 6.07) is -3.39. The first-order valence-electron chi connectivity index (χ1n) is 26.6. The maximum Gasteiger partial charge on any atom is 0.217 e. The topological polar surface area (TPSA) is 603 Å². The molecule has 7 rings (SSSR count). The summed E-state index contributed by atoms with van der Waals surface area (Å²) in [4.78, 5) is 24.7. The van der Waals surface area contributed by atoms with E-state index in [0.717, 1.165) is 13.8 Å². The fourth-order valence-electron chi connectivity index (χ4n) is 10.7. The van der Waals surface area contributed by atoms with Gasteiger partial charge in [-0.05, 0) is 0 Å². The molecule has 0 bridgehead atoms. The smallest absolute Gasteiger partial charge is 0.217 e. The molecule has 38 nitrogen and oxygen atoms in total. The van der Waals surface area contributed by atoms with Crippen LogP contribution < -0.4 is 10.6 Å². The van der Waals surface area contributed by atoms with Crippen LogP contribution in [0.15, 0.2) is 0 Å². The minimum Gasteiger partial charge on any atom is -0.394 e. The third-order valence-electron chi connectivity index (χ3n) is 15.3. The van der Waals surface area contributed by atoms with Crippen molar-refractivity contribution in [1.82, 2.24) is 10.6 Å². The Morgan fingerprint density at radius 3 is 1.27 bits per heavy atom. The summed E-state index contributed by atoms with van der Waals surface area (Å²) in [6.07, 6.45) is -65.9. The van der Waals surface area contributed by atoms with Crippen molar-refractivity contribution >= 4 is 11.8 Å². The molecule has 0 aromatic heterocycles. The SMILES string of the molecule is CC(=O)N[C@H]1[C@H](O[C@H]2[C@H](O)[C@@H](NC(C)=O)C(O)O[C@@H]2CO)O[C@H](CO)[C@@H](O[C@@H]2O[C@H](CO[C@H]3O[C@H](CO)[C@@H](O)[C@H](O[C@H]4O[C@H](CO)[C@@H](O)[C@H](O)[C@@H]4O)[C@@H]3O[C@@H]3O[C@@H]([C@H](O)CO)[C@H](O)[C@H]3O)[C@@H](O)[C@H](O[C@H]3O[C@H](CO)[C@@H](O)[C@H](O)[C@@H]3O)[C@@H]2O)[C@@H]1O. The molecule has 2 amide bonds. The van der Waals surface area contributed by atoms with Crippen LogP contribution in [0.4, 0.5) is 0 Å². The van der Waals surface area contributed by atoms with Gasteiger partial charge in [-0.3, -0.25) is 9.59 Å². The molecule has 0 spiro atoms. The Kier molecular flexibility index (Phi) is 24.6. The van der Waals surface area contributed by atoms with Gasteiger partial charge in [0.1, 0.15) is 171 Å². The lowest BCUT2D eigenvalue weighted by molar-refractivity contribution is -0.392. The van der Waals surface area contributed by atoms with Gasteiger partial charge in [-0.15, -0.1) is 0 Å². The zero-order valence-corrected chi connectivity index (χ0v) is 44.7. The van der Waals surface area contributed by atoms with E-state index in [-0.39, 0.29) is 0 Å². The van der Waals surface area contributed by atoms with E-state index in [1.807, 2.05) is 0 Å². The molecular formula is C46H78N2O36. The Morgan fingerprint density at radius 2 is 0.750 bits per heavy atom. The fourth-order valence-corrected chi connectivity index (χ4v) is 10.7. The largest absolute Gasteiger partial charge is 0.394 e. The maximum absolute atomic E-state index is 12.7. The van der Waals surface area contributed by atoms with Gasteiger partial charge in [-0.2, -0.15) is 0 Å². The molecule has 7 fully saturated rings. The summed E-state index contributed by atoms with van der Waals surface area (Å²) in [5.74, 6) is -1.61. The highest BCUT2D eigenvalue weighted by Gasteiger charge is 2.59. The monoisotopic (exact) mass is 1230 g/mol. The Bertz CT molecular complexity index is 2060. The highest BCUT2D eigenvalue weighted by atomic mass is 16.8. The Hall–Kier alpha value is -2.42. The Balaban J connectivity index is 1.21. The molecule has 7 aliphatic heterocycles. The summed E-state index contributed by atoms with van der Waals surface area (Å²) in [5.41, 5.74) is 0. The summed E-state index contributed by atoms with van der Waals surface area (Å²) in [5, 5.41) is 231. The van der Waals surface area contributed by atoms with Crippen molar-refractivity contribution in [2.24, 2.45) is 0 Å². The van der Waals surface area contributed by atoms with Gasteiger partial charge in [-0.1, -0.05) is 0 Å². The molecule has 1 unspecified atom stereocenters. The summed E-state index contributed by atoms with van der Waals surface area (Å²) >= 11 is 0. The minimum atomic E-state index is -2.36. The summed E-state index contributed by atoms with van der Waals surface area (Å²) < 4.78 is 75.4. The number of nitrogens with one attached hydrogen (secondary N) is 2. The van der Waals surface area contributed by atoms with Crippen molar-refractivity contribution in [2.75, 3.05) is 46.2 Å². The van der Waals surface area contributed by atoms with Gasteiger partial charge in [0.2, 0.25) is 11.8 Å². The molecule has 0 aromatic rings. The highest BCUT2D eigenvalue weighted by Crippen LogP contribution is 2.38. The molecule has 23 N–H and O–H groups in total. The summed E-state index contributed by atoms with van der Waals surface area (Å²) in [7, 11) is 0. The van der Waals surface area contributed by atoms with Crippen molar-refractivity contribution in [2.45, 2.75) is 229 Å². The van der Waals surface area contributed by atoms with E-state index in [9.17, 15) is 117 Å². The normalized spacial score (nSPS) is 49.7. The van der Waals surface area contributed by atoms with Crippen molar-refractivity contribution in [3.05, 3.63) is 0 Å². The number of aliphatic hydroxyl groups is 21. The van der Waals surface area contributed by atoms with E-state index >= 15 is 0 Å². The van der Waals surface area contributed by atoms with Crippen LogP contribution >= 0.6 is 0 Å². The molecule has 488 valence electrons. The number of rotatable bonds is 22. The lowest BCUT2D eigenvalue weighted by Gasteiger charge is -2.50. The number of hydrogen-bond donors (Lipinski definition) is 23. The first kappa shape index (κ1) is 69.1. The average Bonchev–Trinajstić information content (AvgIpc) is 3.56. The van der Waals surface area contributed by atoms with Gasteiger partial charge in [0.25, 0.3) is 0 Å². The molecule has 0 aromatic carbocycles. The number of carbonyl (C=O) groups excluding carboxylic acids is 2. The van der Waals surface area contributed by atoms with Gasteiger partial charge >= 0.3 is 0 Å². The van der Waals surface area contributed by atoms with Crippen LogP contribution in [0.3, 0.4) is 0 Å². The van der Waals surface area contributed by atoms with E-state index < -0.39 is 273 Å². The van der Waals surface area contributed by atoms with Crippen molar-refractivity contribution in [1.29, 1.82) is 0 Å². The van der Waals surface area contributed by atoms with Crippen LogP contribution in [-0.4, -0.2) is 380 Å². The van der Waals surface area contributed by atoms with E-state index in [0.29, 0.717) is 0 Å². The number of aliphatic hydroxyl groups excluding tert-OH is 21. The molecule has 38 heteroatoms. The van der Waals surface area contributed by atoms with Crippen LogP contribution in [-0.2, 0) is 71.2 Å². The fraction of sp³-hybridized carbons (Fsp3) is 0.957. The van der Waals surface area contributed by atoms with Crippen LogP contribution in [0, 0.1) is 0 Å². The van der Waals surface area contributed by atoms with E-state index in [1.165, 1.54) is 0 Å². The Labute approximate surface area is 475 Å². The molecule has 7 saturated heterocycles. The predicted molar refractivity (Wildman–Crippen MR) is 255 cm³/mol. The average molecular weight is 1240 g/mol. The van der Waals surface area contributed by atoms with Gasteiger partial charge in [0.05, 0.1) is 46.2 Å². The van der Waals surface area contributed by atoms with Crippen LogP contribution in [0.25, 0.3) is 0 Å². The molecule has 84 heavy (non-hydrogen) atoms. The Morgan fingerprint density at radius 1 is 0.369 bits per heavy atom. The van der Waals surface area contributed by atoms with Gasteiger partial charge in [0, 0.05) is 13.8 Å². The molecule has 0 saturated carbocycles. The molecular weight excluding hydrogens is 1160 g/mol. The highest BCUT2D eigenvalue weighted by molar-refractivity contribution is 5.73. The third kappa shape index (κ3) is 14.7. The van der Waals surface area contributed by atoms with E-state index in [1.54, 1.807) is 0 Å². The van der Waals surface area contributed by atoms with Gasteiger partial charge in [-0.25, -0.2) is 0 Å². The van der Waals surface area contributed by atoms with Gasteiger partial charge < -0.3 is 179 Å². The molecule has 7 heterocycles. The lowest BCUT2D eigenvalue weighted by Crippen LogP contribution is -2.70. The summed E-state index contributed by atoms with van der Waals surface area (Å²) in [6.45, 7) is -5.15. The van der Waals surface area contributed by atoms with E-state index in [2.05, 4.69) is 10.6 Å². The van der Waals surface area contributed by atoms with Crippen LogP contribution in [0.1, 0.15) is 13.8 Å². The first-order chi connectivity index (χ1) is 39.7. The molecule has 7 aliphatic rings. The zero-order chi connectivity index (χ0) is 61.9. The van der Waals surface area contributed by atoms with Crippen molar-refractivity contribution < 1.29 is 178 Å². The van der Waals surface area contributed by atoms with Crippen molar-refractivity contribution in [3.63, 3.8) is 0 Å². The second-order valence-corrected chi connectivity index (χ2v) is 21.1. The second-order valence-electron chi connectivity index (χ2n) is 21.1. The van der Waals surface area contributed by atoms with Gasteiger partial charge in [0.15, 0.2) is 44.0 Å². The minimum absolute atomic E-state index is 0.741. The molecule has 0 radical (unpaired) electrons. The molecule has 35 atom stereocenters. The standard InChI is InChI=1S/C46H78N2O36/c1-10(55)47-19-25(62)35(16(7-53)73-40(19)71)80-41-20(48-11(2)56)26(63)36(17(8-54)77-41)81-45-33(70)37(82-42-30(67)27(64)21(58)13(4-50)74-42)24(61)18(78-45)9-72-46-39(84-44-32(69)29(66)34(79-44)12(57)3-49)38(23(60)15(6-52)76-46)83-43-31(68)28(65)22(59)14(5-51)75-43/h12-46,49-54,57-71H,3-9H2,1-2H3,(H,47,55)(H,48,56)/t12-,13-,14-,15-,16-,17-,18-,19-,20-,21-,22-,23-,24-,25-,26-,27+,28+,29-,30+,31+,32-,33+,34+,35-,36-,37+,38+,39+,40?,41+,42-,43-,44+,45+,46+/m1/s1. The molecule has 0 aliphatic carbocycles. The number of carbonyl (C=O) groups is 2. The maximum atomic E-state index is 12.7. The van der Waals surface area contributed by atoms with Crippen LogP contribution in [0.5, 0.6) is 0 Å². The van der Waals surface area contributed by atoms with E-state index in [4.69, 9.17) is 61.6 Å². The number of amides is 2. The second kappa shape index (κ2) is 29.9. The quantitative estimate of drug-likeness (QED) is 0.0479. The lowest BCUT2D eigenvalue weighted by atomic mass is 9.94. The third-order valence-corrected chi connectivity index (χ3v) is 15.3. The zero-order valence-electron chi connectivity index (χ0n) is 44.7. The van der Waals surface area contributed by atoms with Crippen LogP contribution in [0.2, 0.25) is 0 Å².